The number of imidazole rings is 1. The molecule has 0 saturated heterocycles. The van der Waals surface area contributed by atoms with E-state index < -0.39 is 6.10 Å². The molecule has 4 aromatic heterocycles. The highest BCUT2D eigenvalue weighted by molar-refractivity contribution is 5.95. The molecule has 2 aliphatic rings. The molecule has 1 atom stereocenters. The zero-order valence-corrected chi connectivity index (χ0v) is 24.3. The van der Waals surface area contributed by atoms with Crippen LogP contribution in [-0.2, 0) is 13.6 Å². The largest absolute Gasteiger partial charge is 0.386 e. The highest BCUT2D eigenvalue weighted by Crippen LogP contribution is 2.49. The fourth-order valence-electron chi connectivity index (χ4n) is 6.22. The van der Waals surface area contributed by atoms with Gasteiger partial charge in [-0.3, -0.25) is 9.36 Å². The Bertz CT molecular complexity index is 1940. The normalized spacial score (nSPS) is 16.2. The number of pyridine rings is 1. The van der Waals surface area contributed by atoms with Crippen LogP contribution in [0.25, 0.3) is 44.6 Å². The van der Waals surface area contributed by atoms with Crippen molar-refractivity contribution in [3.05, 3.63) is 83.9 Å². The molecule has 0 amide bonds. The summed E-state index contributed by atoms with van der Waals surface area (Å²) in [5.41, 5.74) is 8.27. The molecule has 4 heterocycles. The first-order valence-corrected chi connectivity index (χ1v) is 15.1. The summed E-state index contributed by atoms with van der Waals surface area (Å²) in [4.78, 5) is 10.5. The fourth-order valence-corrected chi connectivity index (χ4v) is 6.22. The summed E-state index contributed by atoms with van der Waals surface area (Å²) in [6, 6.07) is 18.6. The van der Waals surface area contributed by atoms with E-state index in [2.05, 4.69) is 56.1 Å². The van der Waals surface area contributed by atoms with Crippen LogP contribution in [0.3, 0.4) is 0 Å². The van der Waals surface area contributed by atoms with Gasteiger partial charge in [-0.05, 0) is 57.2 Å². The van der Waals surface area contributed by atoms with Crippen molar-refractivity contribution in [1.82, 2.24) is 34.1 Å². The Morgan fingerprint density at radius 3 is 2.40 bits per heavy atom. The van der Waals surface area contributed by atoms with Gasteiger partial charge in [0.1, 0.15) is 5.82 Å². The van der Waals surface area contributed by atoms with Crippen LogP contribution in [0.2, 0.25) is 0 Å². The lowest BCUT2D eigenvalue weighted by atomic mass is 10.0. The smallest absolute Gasteiger partial charge is 0.181 e. The number of aliphatic hydroxyl groups excluding tert-OH is 1. The highest BCUT2D eigenvalue weighted by atomic mass is 16.3. The molecule has 2 fully saturated rings. The first-order valence-electron chi connectivity index (χ1n) is 15.1. The first-order chi connectivity index (χ1) is 20.4. The standard InChI is InChI=1S/C34H35N7O/c1-20(2)41-17-24-16-26(30(22-12-13-22)35-33(24)38-41)34-36-31(32(39(34)3)23-14-15-23)25-10-7-11-28-27(25)18-40(37-28)19-29(42)21-8-5-4-6-9-21/h4-11,16-18,20,22-23,29,42H,12-15,19H2,1-3H3/t29-/m0/s1. The quantitative estimate of drug-likeness (QED) is 0.220. The van der Waals surface area contributed by atoms with Gasteiger partial charge in [-0.15, -0.1) is 0 Å². The third-order valence-electron chi connectivity index (χ3n) is 8.78. The number of rotatable bonds is 8. The van der Waals surface area contributed by atoms with Gasteiger partial charge in [0, 0.05) is 64.9 Å². The number of aromatic nitrogens is 7. The van der Waals surface area contributed by atoms with Gasteiger partial charge in [0.15, 0.2) is 5.65 Å². The second-order valence-electron chi connectivity index (χ2n) is 12.3. The van der Waals surface area contributed by atoms with Crippen molar-refractivity contribution in [2.75, 3.05) is 0 Å². The average Bonchev–Trinajstić information content (AvgIpc) is 3.91. The first kappa shape index (κ1) is 25.4. The Balaban J connectivity index is 1.25. The summed E-state index contributed by atoms with van der Waals surface area (Å²) >= 11 is 0. The number of benzene rings is 2. The SMILES string of the molecule is CC(C)n1cc2cc(-c3nc(-c4cccc5nn(C[C@H](O)c6ccccc6)cc45)c(C4CC4)n3C)c(C3CC3)nc2n1. The van der Waals surface area contributed by atoms with Crippen molar-refractivity contribution in [3.8, 4) is 22.6 Å². The molecule has 6 aromatic rings. The van der Waals surface area contributed by atoms with Crippen LogP contribution in [0.5, 0.6) is 0 Å². The van der Waals surface area contributed by atoms with Crippen molar-refractivity contribution in [2.24, 2.45) is 7.05 Å². The van der Waals surface area contributed by atoms with E-state index in [4.69, 9.17) is 20.2 Å². The third-order valence-corrected chi connectivity index (χ3v) is 8.78. The lowest BCUT2D eigenvalue weighted by molar-refractivity contribution is 0.152. The monoisotopic (exact) mass is 557 g/mol. The number of fused-ring (bicyclic) bond motifs is 2. The Hall–Kier alpha value is -4.30. The summed E-state index contributed by atoms with van der Waals surface area (Å²) in [5, 5.41) is 22.6. The molecule has 1 N–H and O–H groups in total. The minimum atomic E-state index is -0.629. The van der Waals surface area contributed by atoms with Crippen LogP contribution in [0, 0.1) is 0 Å². The van der Waals surface area contributed by atoms with Crippen molar-refractivity contribution in [1.29, 1.82) is 0 Å². The summed E-state index contributed by atoms with van der Waals surface area (Å²) in [7, 11) is 2.16. The van der Waals surface area contributed by atoms with Gasteiger partial charge in [-0.25, -0.2) is 9.97 Å². The van der Waals surface area contributed by atoms with E-state index >= 15 is 0 Å². The van der Waals surface area contributed by atoms with Crippen molar-refractivity contribution in [2.45, 2.75) is 70.1 Å². The second kappa shape index (κ2) is 9.63. The maximum atomic E-state index is 10.9. The minimum absolute atomic E-state index is 0.281. The number of hydrogen-bond donors (Lipinski definition) is 1. The topological polar surface area (TPSA) is 86.6 Å². The molecule has 0 spiro atoms. The molecule has 2 aromatic carbocycles. The zero-order chi connectivity index (χ0) is 28.5. The van der Waals surface area contributed by atoms with Gasteiger partial charge in [0.2, 0.25) is 0 Å². The van der Waals surface area contributed by atoms with Crippen LogP contribution in [-0.4, -0.2) is 39.2 Å². The molecule has 42 heavy (non-hydrogen) atoms. The predicted molar refractivity (Wildman–Crippen MR) is 164 cm³/mol. The molecule has 2 saturated carbocycles. The second-order valence-corrected chi connectivity index (χ2v) is 12.3. The maximum absolute atomic E-state index is 10.9. The van der Waals surface area contributed by atoms with Gasteiger partial charge in [0.25, 0.3) is 0 Å². The van der Waals surface area contributed by atoms with Gasteiger partial charge in [0.05, 0.1) is 29.6 Å². The van der Waals surface area contributed by atoms with Crippen molar-refractivity contribution >= 4 is 21.9 Å². The highest BCUT2D eigenvalue weighted by Gasteiger charge is 2.35. The Labute approximate surface area is 244 Å². The van der Waals surface area contributed by atoms with Gasteiger partial charge >= 0.3 is 0 Å². The number of aliphatic hydroxyl groups is 1. The lowest BCUT2D eigenvalue weighted by Gasteiger charge is -2.10. The van der Waals surface area contributed by atoms with Crippen LogP contribution in [0.4, 0.5) is 0 Å². The van der Waals surface area contributed by atoms with E-state index in [1.54, 1.807) is 0 Å². The maximum Gasteiger partial charge on any atom is 0.181 e. The van der Waals surface area contributed by atoms with E-state index in [-0.39, 0.29) is 6.04 Å². The van der Waals surface area contributed by atoms with Crippen molar-refractivity contribution in [3.63, 3.8) is 0 Å². The molecule has 0 aliphatic heterocycles. The van der Waals surface area contributed by atoms with Gasteiger partial charge in [-0.2, -0.15) is 10.2 Å². The molecular weight excluding hydrogens is 522 g/mol. The Morgan fingerprint density at radius 1 is 0.881 bits per heavy atom. The Kier molecular flexibility index (Phi) is 5.83. The van der Waals surface area contributed by atoms with E-state index in [9.17, 15) is 5.11 Å². The average molecular weight is 558 g/mol. The van der Waals surface area contributed by atoms with Crippen LogP contribution >= 0.6 is 0 Å². The number of nitrogens with zero attached hydrogens (tertiary/aromatic N) is 7. The number of hydrogen-bond acceptors (Lipinski definition) is 5. The summed E-state index contributed by atoms with van der Waals surface area (Å²) < 4.78 is 6.18. The molecular formula is C34H35N7O. The molecule has 8 nitrogen and oxygen atoms in total. The minimum Gasteiger partial charge on any atom is -0.386 e. The van der Waals surface area contributed by atoms with E-state index in [0.29, 0.717) is 18.4 Å². The Morgan fingerprint density at radius 2 is 1.67 bits per heavy atom. The molecule has 212 valence electrons. The van der Waals surface area contributed by atoms with Gasteiger partial charge < -0.3 is 9.67 Å². The van der Waals surface area contributed by atoms with Crippen LogP contribution < -0.4 is 0 Å². The van der Waals surface area contributed by atoms with E-state index in [0.717, 1.165) is 68.7 Å². The molecule has 0 unspecified atom stereocenters. The molecule has 0 bridgehead atoms. The predicted octanol–water partition coefficient (Wildman–Crippen LogP) is 6.92. The van der Waals surface area contributed by atoms with E-state index in [1.807, 2.05) is 45.8 Å². The van der Waals surface area contributed by atoms with Gasteiger partial charge in [-0.1, -0.05) is 42.5 Å². The third kappa shape index (κ3) is 4.32. The molecule has 2 aliphatic carbocycles. The van der Waals surface area contributed by atoms with Crippen LogP contribution in [0.15, 0.2) is 67.0 Å². The zero-order valence-electron chi connectivity index (χ0n) is 24.3. The molecule has 0 radical (unpaired) electrons. The molecule has 8 rings (SSSR count). The van der Waals surface area contributed by atoms with Crippen LogP contribution in [0.1, 0.15) is 80.5 Å². The molecule has 8 heteroatoms. The fraction of sp³-hybridized carbons (Fsp3) is 0.353. The summed E-state index contributed by atoms with van der Waals surface area (Å²) in [6.07, 6.45) is 8.23. The van der Waals surface area contributed by atoms with Crippen molar-refractivity contribution < 1.29 is 5.11 Å². The summed E-state index contributed by atoms with van der Waals surface area (Å²) in [5.74, 6) is 1.95. The van der Waals surface area contributed by atoms with E-state index in [1.165, 1.54) is 18.5 Å². The summed E-state index contributed by atoms with van der Waals surface area (Å²) in [6.45, 7) is 4.68. The lowest BCUT2D eigenvalue weighted by Crippen LogP contribution is -2.08.